The highest BCUT2D eigenvalue weighted by atomic mass is 19.1. The van der Waals surface area contributed by atoms with Gasteiger partial charge in [-0.05, 0) is 35.9 Å². The SMILES string of the molecule is O=C(Nc1c(NCc2ccccc2)c2ccccc2oc1=O)c1cccc(F)c1. The van der Waals surface area contributed by atoms with E-state index in [1.165, 1.54) is 18.2 Å². The molecule has 0 saturated heterocycles. The molecule has 2 N–H and O–H groups in total. The van der Waals surface area contributed by atoms with Crippen molar-refractivity contribution in [2.75, 3.05) is 10.6 Å². The van der Waals surface area contributed by atoms with Gasteiger partial charge in [-0.3, -0.25) is 4.79 Å². The second kappa shape index (κ2) is 7.98. The van der Waals surface area contributed by atoms with Crippen molar-refractivity contribution in [3.05, 3.63) is 106 Å². The molecule has 0 radical (unpaired) electrons. The molecular weight excluding hydrogens is 371 g/mol. The molecule has 144 valence electrons. The van der Waals surface area contributed by atoms with E-state index in [0.29, 0.717) is 23.2 Å². The van der Waals surface area contributed by atoms with Crippen LogP contribution in [0.5, 0.6) is 0 Å². The molecule has 5 nitrogen and oxygen atoms in total. The van der Waals surface area contributed by atoms with Crippen molar-refractivity contribution in [3.8, 4) is 0 Å². The molecule has 1 aromatic heterocycles. The molecule has 0 spiro atoms. The molecule has 0 aliphatic heterocycles. The number of hydrogen-bond acceptors (Lipinski definition) is 4. The van der Waals surface area contributed by atoms with E-state index in [-0.39, 0.29) is 11.3 Å². The Morgan fingerprint density at radius 2 is 1.66 bits per heavy atom. The topological polar surface area (TPSA) is 71.3 Å². The van der Waals surface area contributed by atoms with E-state index in [0.717, 1.165) is 11.6 Å². The van der Waals surface area contributed by atoms with E-state index in [2.05, 4.69) is 10.6 Å². The number of halogens is 1. The van der Waals surface area contributed by atoms with Gasteiger partial charge in [-0.2, -0.15) is 0 Å². The van der Waals surface area contributed by atoms with E-state index in [4.69, 9.17) is 4.42 Å². The molecule has 0 atom stereocenters. The second-order valence-electron chi connectivity index (χ2n) is 6.44. The third kappa shape index (κ3) is 4.01. The highest BCUT2D eigenvalue weighted by Crippen LogP contribution is 2.29. The Morgan fingerprint density at radius 1 is 0.897 bits per heavy atom. The number of carbonyl (C=O) groups excluding carboxylic acids is 1. The fourth-order valence-corrected chi connectivity index (χ4v) is 3.05. The minimum Gasteiger partial charge on any atom is -0.421 e. The lowest BCUT2D eigenvalue weighted by molar-refractivity contribution is 0.102. The summed E-state index contributed by atoms with van der Waals surface area (Å²) in [6.07, 6.45) is 0. The average molecular weight is 388 g/mol. The fraction of sp³-hybridized carbons (Fsp3) is 0.0435. The van der Waals surface area contributed by atoms with Gasteiger partial charge >= 0.3 is 5.63 Å². The Kier molecular flexibility index (Phi) is 5.07. The summed E-state index contributed by atoms with van der Waals surface area (Å²) in [5, 5.41) is 6.46. The Balaban J connectivity index is 1.74. The first-order valence-corrected chi connectivity index (χ1v) is 9.02. The first-order valence-electron chi connectivity index (χ1n) is 9.02. The predicted molar refractivity (Wildman–Crippen MR) is 111 cm³/mol. The number of carbonyl (C=O) groups is 1. The summed E-state index contributed by atoms with van der Waals surface area (Å²) < 4.78 is 18.8. The number of amides is 1. The third-order valence-electron chi connectivity index (χ3n) is 4.45. The largest absolute Gasteiger partial charge is 0.421 e. The van der Waals surface area contributed by atoms with Gasteiger partial charge in [0.15, 0.2) is 5.69 Å². The van der Waals surface area contributed by atoms with Crippen LogP contribution < -0.4 is 16.3 Å². The Labute approximate surface area is 165 Å². The summed E-state index contributed by atoms with van der Waals surface area (Å²) in [5.41, 5.74) is 1.25. The minimum atomic E-state index is -0.691. The van der Waals surface area contributed by atoms with Crippen molar-refractivity contribution in [1.29, 1.82) is 0 Å². The molecule has 29 heavy (non-hydrogen) atoms. The summed E-state index contributed by atoms with van der Waals surface area (Å²) in [7, 11) is 0. The van der Waals surface area contributed by atoms with E-state index in [1.54, 1.807) is 18.2 Å². The summed E-state index contributed by atoms with van der Waals surface area (Å²) in [5.74, 6) is -1.14. The van der Waals surface area contributed by atoms with Gasteiger partial charge in [0.2, 0.25) is 0 Å². The van der Waals surface area contributed by atoms with E-state index in [1.807, 2.05) is 36.4 Å². The van der Waals surface area contributed by atoms with E-state index < -0.39 is 17.3 Å². The first kappa shape index (κ1) is 18.4. The molecule has 1 heterocycles. The van der Waals surface area contributed by atoms with Gasteiger partial charge in [-0.15, -0.1) is 0 Å². The lowest BCUT2D eigenvalue weighted by Crippen LogP contribution is -2.20. The molecule has 0 saturated carbocycles. The van der Waals surface area contributed by atoms with Gasteiger partial charge in [-0.25, -0.2) is 9.18 Å². The standard InChI is InChI=1S/C23H17FN2O3/c24-17-10-6-9-16(13-17)22(27)26-21-20(25-14-15-7-2-1-3-8-15)18-11-4-5-12-19(18)29-23(21)28/h1-13,25H,14H2,(H,26,27). The molecule has 0 aliphatic rings. The summed E-state index contributed by atoms with van der Waals surface area (Å²) in [6.45, 7) is 0.442. The van der Waals surface area contributed by atoms with Crippen LogP contribution in [0.2, 0.25) is 0 Å². The van der Waals surface area contributed by atoms with Crippen molar-refractivity contribution in [2.45, 2.75) is 6.54 Å². The van der Waals surface area contributed by atoms with E-state index >= 15 is 0 Å². The third-order valence-corrected chi connectivity index (χ3v) is 4.45. The van der Waals surface area contributed by atoms with Gasteiger partial charge in [0, 0.05) is 17.5 Å². The number of hydrogen-bond donors (Lipinski definition) is 2. The number of rotatable bonds is 5. The van der Waals surface area contributed by atoms with Crippen molar-refractivity contribution in [3.63, 3.8) is 0 Å². The predicted octanol–water partition coefficient (Wildman–Crippen LogP) is 4.80. The van der Waals surface area contributed by atoms with Crippen LogP contribution >= 0.6 is 0 Å². The molecule has 4 aromatic rings. The van der Waals surface area contributed by atoms with Gasteiger partial charge in [-0.1, -0.05) is 48.5 Å². The lowest BCUT2D eigenvalue weighted by Gasteiger charge is -2.14. The summed E-state index contributed by atoms with van der Waals surface area (Å²) >= 11 is 0. The molecule has 0 fully saturated rings. The Morgan fingerprint density at radius 3 is 2.45 bits per heavy atom. The molecule has 4 rings (SSSR count). The monoisotopic (exact) mass is 388 g/mol. The zero-order chi connectivity index (χ0) is 20.2. The zero-order valence-electron chi connectivity index (χ0n) is 15.3. The molecule has 0 unspecified atom stereocenters. The number of benzene rings is 3. The van der Waals surface area contributed by atoms with Crippen LogP contribution in [0.25, 0.3) is 11.0 Å². The first-order chi connectivity index (χ1) is 14.1. The van der Waals surface area contributed by atoms with Crippen LogP contribution in [-0.4, -0.2) is 5.91 Å². The fourth-order valence-electron chi connectivity index (χ4n) is 3.05. The van der Waals surface area contributed by atoms with Crippen molar-refractivity contribution in [1.82, 2.24) is 0 Å². The van der Waals surface area contributed by atoms with Crippen LogP contribution in [0.15, 0.2) is 88.1 Å². The zero-order valence-corrected chi connectivity index (χ0v) is 15.3. The van der Waals surface area contributed by atoms with Crippen LogP contribution in [-0.2, 0) is 6.54 Å². The maximum Gasteiger partial charge on any atom is 0.362 e. The number of fused-ring (bicyclic) bond motifs is 1. The average Bonchev–Trinajstić information content (AvgIpc) is 2.74. The van der Waals surface area contributed by atoms with Gasteiger partial charge in [0.05, 0.1) is 5.69 Å². The minimum absolute atomic E-state index is 0.0195. The normalized spacial score (nSPS) is 10.7. The van der Waals surface area contributed by atoms with Crippen molar-refractivity contribution < 1.29 is 13.6 Å². The highest BCUT2D eigenvalue weighted by molar-refractivity contribution is 6.08. The second-order valence-corrected chi connectivity index (χ2v) is 6.44. The van der Waals surface area contributed by atoms with Crippen LogP contribution in [0.4, 0.5) is 15.8 Å². The van der Waals surface area contributed by atoms with Gasteiger partial charge in [0.1, 0.15) is 11.4 Å². The van der Waals surface area contributed by atoms with Crippen LogP contribution in [0, 0.1) is 5.82 Å². The molecule has 0 aliphatic carbocycles. The maximum absolute atomic E-state index is 13.5. The molecule has 3 aromatic carbocycles. The quantitative estimate of drug-likeness (QED) is 0.482. The molecule has 0 bridgehead atoms. The Hall–Kier alpha value is -3.93. The lowest BCUT2D eigenvalue weighted by atomic mass is 10.1. The Bertz CT molecular complexity index is 1240. The van der Waals surface area contributed by atoms with Crippen LogP contribution in [0.3, 0.4) is 0 Å². The van der Waals surface area contributed by atoms with Crippen molar-refractivity contribution >= 4 is 28.3 Å². The van der Waals surface area contributed by atoms with Gasteiger partial charge < -0.3 is 15.1 Å². The summed E-state index contributed by atoms with van der Waals surface area (Å²) in [4.78, 5) is 25.2. The maximum atomic E-state index is 13.5. The number of para-hydroxylation sites is 1. The van der Waals surface area contributed by atoms with Crippen molar-refractivity contribution in [2.24, 2.45) is 0 Å². The molecule has 1 amide bonds. The molecule has 6 heteroatoms. The summed E-state index contributed by atoms with van der Waals surface area (Å²) in [6, 6.07) is 22.0. The van der Waals surface area contributed by atoms with Gasteiger partial charge in [0.25, 0.3) is 5.91 Å². The number of anilines is 2. The van der Waals surface area contributed by atoms with Crippen LogP contribution in [0.1, 0.15) is 15.9 Å². The van der Waals surface area contributed by atoms with E-state index in [9.17, 15) is 14.0 Å². The smallest absolute Gasteiger partial charge is 0.362 e. The highest BCUT2D eigenvalue weighted by Gasteiger charge is 2.18. The number of nitrogens with one attached hydrogen (secondary N) is 2. The molecular formula is C23H17FN2O3.